The van der Waals surface area contributed by atoms with Crippen molar-refractivity contribution < 1.29 is 9.90 Å². The number of carbonyl (C=O) groups is 1. The Morgan fingerprint density at radius 1 is 1.67 bits per heavy atom. The Kier molecular flexibility index (Phi) is 2.38. The third kappa shape index (κ3) is 1.96. The van der Waals surface area contributed by atoms with E-state index in [0.717, 1.165) is 17.0 Å². The van der Waals surface area contributed by atoms with Crippen molar-refractivity contribution in [1.29, 1.82) is 0 Å². The molecule has 2 aromatic rings. The minimum absolute atomic E-state index is 0.251. The van der Waals surface area contributed by atoms with Gasteiger partial charge in [0, 0.05) is 6.20 Å². The zero-order valence-corrected chi connectivity index (χ0v) is 8.63. The molecule has 7 heteroatoms. The van der Waals surface area contributed by atoms with Gasteiger partial charge >= 0.3 is 5.97 Å². The number of aromatic carboxylic acids is 1. The quantitative estimate of drug-likeness (QED) is 0.736. The van der Waals surface area contributed by atoms with Gasteiger partial charge < -0.3 is 10.4 Å². The van der Waals surface area contributed by atoms with Crippen LogP contribution < -0.4 is 5.32 Å². The van der Waals surface area contributed by atoms with Gasteiger partial charge in [-0.25, -0.2) is 9.78 Å². The van der Waals surface area contributed by atoms with Crippen molar-refractivity contribution >= 4 is 28.1 Å². The second-order valence-corrected chi connectivity index (χ2v) is 3.85. The number of H-pyrrole nitrogens is 1. The SMILES string of the molecule is Cc1nc(Nc2cn[nH]c2)sc1C(=O)O. The maximum Gasteiger partial charge on any atom is 0.347 e. The third-order valence-electron chi connectivity index (χ3n) is 1.74. The van der Waals surface area contributed by atoms with E-state index in [1.54, 1.807) is 19.3 Å². The first kappa shape index (κ1) is 9.66. The number of hydrogen-bond donors (Lipinski definition) is 3. The van der Waals surface area contributed by atoms with Gasteiger partial charge in [0.2, 0.25) is 0 Å². The Balaban J connectivity index is 2.23. The molecule has 0 saturated carbocycles. The highest BCUT2D eigenvalue weighted by atomic mass is 32.1. The van der Waals surface area contributed by atoms with E-state index in [-0.39, 0.29) is 4.88 Å². The maximum atomic E-state index is 10.8. The Bertz CT molecular complexity index is 477. The van der Waals surface area contributed by atoms with Crippen LogP contribution in [0, 0.1) is 6.92 Å². The van der Waals surface area contributed by atoms with Gasteiger partial charge in [0.05, 0.1) is 17.6 Å². The number of carboxylic acids is 1. The molecule has 0 radical (unpaired) electrons. The van der Waals surface area contributed by atoms with Crippen molar-refractivity contribution in [3.8, 4) is 0 Å². The molecule has 6 nitrogen and oxygen atoms in total. The number of thiazole rings is 1. The molecule has 0 atom stereocenters. The van der Waals surface area contributed by atoms with Gasteiger partial charge in [-0.05, 0) is 6.92 Å². The highest BCUT2D eigenvalue weighted by Crippen LogP contribution is 2.24. The number of nitrogens with zero attached hydrogens (tertiary/aromatic N) is 2. The molecular formula is C8H8N4O2S. The summed E-state index contributed by atoms with van der Waals surface area (Å²) in [5.74, 6) is -0.953. The predicted molar refractivity (Wildman–Crippen MR) is 55.7 cm³/mol. The molecule has 0 bridgehead atoms. The molecule has 0 spiro atoms. The molecule has 78 valence electrons. The summed E-state index contributed by atoms with van der Waals surface area (Å²) < 4.78 is 0. The van der Waals surface area contributed by atoms with Crippen molar-refractivity contribution in [2.75, 3.05) is 5.32 Å². The van der Waals surface area contributed by atoms with Crippen LogP contribution in [-0.2, 0) is 0 Å². The minimum Gasteiger partial charge on any atom is -0.477 e. The first-order chi connectivity index (χ1) is 7.16. The van der Waals surface area contributed by atoms with Crippen LogP contribution in [0.5, 0.6) is 0 Å². The summed E-state index contributed by atoms with van der Waals surface area (Å²) in [6.07, 6.45) is 3.26. The topological polar surface area (TPSA) is 90.9 Å². The highest BCUT2D eigenvalue weighted by molar-refractivity contribution is 7.17. The number of aromatic amines is 1. The molecule has 15 heavy (non-hydrogen) atoms. The zero-order valence-electron chi connectivity index (χ0n) is 7.81. The van der Waals surface area contributed by atoms with Crippen LogP contribution in [0.3, 0.4) is 0 Å². The fourth-order valence-electron chi connectivity index (χ4n) is 1.09. The molecule has 0 amide bonds. The summed E-state index contributed by atoms with van der Waals surface area (Å²) in [6.45, 7) is 1.67. The molecule has 0 saturated heterocycles. The molecule has 0 fully saturated rings. The van der Waals surface area contributed by atoms with Crippen LogP contribution in [0.2, 0.25) is 0 Å². The lowest BCUT2D eigenvalue weighted by atomic mass is 10.4. The number of aromatic nitrogens is 3. The molecule has 0 aliphatic heterocycles. The first-order valence-electron chi connectivity index (χ1n) is 4.13. The minimum atomic E-state index is -0.953. The van der Waals surface area contributed by atoms with Crippen LogP contribution >= 0.6 is 11.3 Å². The fourth-order valence-corrected chi connectivity index (χ4v) is 1.92. The van der Waals surface area contributed by atoms with Gasteiger partial charge in [-0.3, -0.25) is 5.10 Å². The van der Waals surface area contributed by atoms with Gasteiger partial charge in [0.15, 0.2) is 5.13 Å². The monoisotopic (exact) mass is 224 g/mol. The van der Waals surface area contributed by atoms with E-state index in [1.165, 1.54) is 0 Å². The summed E-state index contributed by atoms with van der Waals surface area (Å²) in [6, 6.07) is 0. The lowest BCUT2D eigenvalue weighted by Crippen LogP contribution is -1.94. The number of aryl methyl sites for hydroxylation is 1. The molecule has 2 rings (SSSR count). The highest BCUT2D eigenvalue weighted by Gasteiger charge is 2.13. The molecular weight excluding hydrogens is 216 g/mol. The number of rotatable bonds is 3. The number of nitrogens with one attached hydrogen (secondary N) is 2. The summed E-state index contributed by atoms with van der Waals surface area (Å²) in [5.41, 5.74) is 1.26. The van der Waals surface area contributed by atoms with Crippen LogP contribution in [0.15, 0.2) is 12.4 Å². The standard InChI is InChI=1S/C8H8N4O2S/c1-4-6(7(13)14)15-8(11-4)12-5-2-9-10-3-5/h2-3H,1H3,(H,9,10)(H,11,12)(H,13,14). The Labute approximate surface area is 89.0 Å². The van der Waals surface area contributed by atoms with Crippen LogP contribution in [0.25, 0.3) is 0 Å². The Hall–Kier alpha value is -1.89. The van der Waals surface area contributed by atoms with E-state index < -0.39 is 5.97 Å². The van der Waals surface area contributed by atoms with Gasteiger partial charge in [-0.15, -0.1) is 0 Å². The van der Waals surface area contributed by atoms with Gasteiger partial charge in [-0.2, -0.15) is 5.10 Å². The second-order valence-electron chi connectivity index (χ2n) is 2.85. The molecule has 2 aromatic heterocycles. The summed E-state index contributed by atoms with van der Waals surface area (Å²) in [4.78, 5) is 15.1. The molecule has 0 unspecified atom stereocenters. The zero-order chi connectivity index (χ0) is 10.8. The van der Waals surface area contributed by atoms with Crippen molar-refractivity contribution in [3.05, 3.63) is 23.0 Å². The summed E-state index contributed by atoms with van der Waals surface area (Å²) >= 11 is 1.10. The van der Waals surface area contributed by atoms with Crippen LogP contribution in [0.1, 0.15) is 15.4 Å². The molecule has 0 aliphatic rings. The maximum absolute atomic E-state index is 10.8. The third-order valence-corrected chi connectivity index (χ3v) is 2.80. The van der Waals surface area contributed by atoms with Crippen molar-refractivity contribution in [1.82, 2.24) is 15.2 Å². The second kappa shape index (κ2) is 3.70. The normalized spacial score (nSPS) is 10.2. The number of anilines is 2. The molecule has 2 heterocycles. The van der Waals surface area contributed by atoms with Gasteiger partial charge in [0.1, 0.15) is 4.88 Å². The van der Waals surface area contributed by atoms with E-state index in [1.807, 2.05) is 0 Å². The molecule has 0 aliphatic carbocycles. The Morgan fingerprint density at radius 3 is 3.00 bits per heavy atom. The van der Waals surface area contributed by atoms with Gasteiger partial charge in [-0.1, -0.05) is 11.3 Å². The van der Waals surface area contributed by atoms with Crippen molar-refractivity contribution in [2.24, 2.45) is 0 Å². The van der Waals surface area contributed by atoms with Gasteiger partial charge in [0.25, 0.3) is 0 Å². The summed E-state index contributed by atoms with van der Waals surface area (Å²) in [7, 11) is 0. The van der Waals surface area contributed by atoms with Crippen molar-refractivity contribution in [3.63, 3.8) is 0 Å². The molecule has 0 aromatic carbocycles. The largest absolute Gasteiger partial charge is 0.477 e. The van der Waals surface area contributed by atoms with E-state index in [0.29, 0.717) is 10.8 Å². The predicted octanol–water partition coefficient (Wildman–Crippen LogP) is 1.62. The van der Waals surface area contributed by atoms with E-state index in [2.05, 4.69) is 20.5 Å². The fraction of sp³-hybridized carbons (Fsp3) is 0.125. The molecule has 3 N–H and O–H groups in total. The van der Waals surface area contributed by atoms with Crippen molar-refractivity contribution in [2.45, 2.75) is 6.92 Å². The lowest BCUT2D eigenvalue weighted by molar-refractivity contribution is 0.0701. The average molecular weight is 224 g/mol. The number of hydrogen-bond acceptors (Lipinski definition) is 5. The summed E-state index contributed by atoms with van der Waals surface area (Å²) in [5, 5.41) is 18.7. The van der Waals surface area contributed by atoms with E-state index in [4.69, 9.17) is 5.11 Å². The number of carboxylic acid groups (broad SMARTS) is 1. The van der Waals surface area contributed by atoms with E-state index in [9.17, 15) is 4.79 Å². The van der Waals surface area contributed by atoms with E-state index >= 15 is 0 Å². The average Bonchev–Trinajstić information content (AvgIpc) is 2.75. The van der Waals surface area contributed by atoms with Crippen LogP contribution in [0.4, 0.5) is 10.8 Å². The first-order valence-corrected chi connectivity index (χ1v) is 4.95. The smallest absolute Gasteiger partial charge is 0.347 e. The lowest BCUT2D eigenvalue weighted by Gasteiger charge is -1.94. The Morgan fingerprint density at radius 2 is 2.47 bits per heavy atom. The van der Waals surface area contributed by atoms with Crippen LogP contribution in [-0.4, -0.2) is 26.3 Å².